The Labute approximate surface area is 117 Å². The van der Waals surface area contributed by atoms with E-state index in [1.807, 2.05) is 30.3 Å². The maximum absolute atomic E-state index is 10.6. The van der Waals surface area contributed by atoms with Gasteiger partial charge in [0.2, 0.25) is 0 Å². The van der Waals surface area contributed by atoms with Gasteiger partial charge in [-0.25, -0.2) is 0 Å². The molecule has 2 atom stereocenters. The van der Waals surface area contributed by atoms with E-state index in [0.29, 0.717) is 5.02 Å². The second kappa shape index (κ2) is 5.82. The molecule has 1 fully saturated rings. The van der Waals surface area contributed by atoms with Crippen molar-refractivity contribution in [2.24, 2.45) is 0 Å². The van der Waals surface area contributed by atoms with Gasteiger partial charge in [0.15, 0.2) is 0 Å². The molecule has 1 N–H and O–H groups in total. The molecule has 102 valence electrons. The standard InChI is InChI=1S/C12H20ClN3OS/c1-8(2)16-11(9(13)6-14-16)12(17)10-7-18-5-4-15(10)3/h6,8,10,12,17H,4-5,7H2,1-3H3. The molecule has 18 heavy (non-hydrogen) atoms. The van der Waals surface area contributed by atoms with E-state index in [1.165, 1.54) is 0 Å². The number of nitrogens with zero attached hydrogens (tertiary/aromatic N) is 3. The highest BCUT2D eigenvalue weighted by atomic mass is 35.5. The van der Waals surface area contributed by atoms with Crippen molar-refractivity contribution in [3.8, 4) is 0 Å². The van der Waals surface area contributed by atoms with Crippen LogP contribution >= 0.6 is 23.4 Å². The van der Waals surface area contributed by atoms with Gasteiger partial charge in [-0.2, -0.15) is 16.9 Å². The van der Waals surface area contributed by atoms with Crippen LogP contribution in [0.5, 0.6) is 0 Å². The molecule has 0 bridgehead atoms. The third-order valence-electron chi connectivity index (χ3n) is 3.36. The lowest BCUT2D eigenvalue weighted by Crippen LogP contribution is -2.44. The van der Waals surface area contributed by atoms with Crippen molar-refractivity contribution in [2.75, 3.05) is 25.1 Å². The summed E-state index contributed by atoms with van der Waals surface area (Å²) in [5, 5.41) is 15.4. The van der Waals surface area contributed by atoms with Crippen LogP contribution in [0.3, 0.4) is 0 Å². The minimum atomic E-state index is -0.583. The normalized spacial score (nSPS) is 23.6. The predicted octanol–water partition coefficient (Wildman–Crippen LogP) is 2.20. The fourth-order valence-electron chi connectivity index (χ4n) is 2.26. The van der Waals surface area contributed by atoms with Crippen molar-refractivity contribution in [3.05, 3.63) is 16.9 Å². The zero-order chi connectivity index (χ0) is 13.3. The third-order valence-corrected chi connectivity index (χ3v) is 4.70. The molecule has 1 aromatic rings. The van der Waals surface area contributed by atoms with E-state index in [9.17, 15) is 5.11 Å². The monoisotopic (exact) mass is 289 g/mol. The zero-order valence-electron chi connectivity index (χ0n) is 11.0. The maximum Gasteiger partial charge on any atom is 0.113 e. The van der Waals surface area contributed by atoms with Gasteiger partial charge >= 0.3 is 0 Å². The summed E-state index contributed by atoms with van der Waals surface area (Å²) < 4.78 is 1.82. The van der Waals surface area contributed by atoms with E-state index in [-0.39, 0.29) is 12.1 Å². The lowest BCUT2D eigenvalue weighted by molar-refractivity contribution is 0.0680. The lowest BCUT2D eigenvalue weighted by Gasteiger charge is -2.35. The average Bonchev–Trinajstić information content (AvgIpc) is 2.71. The summed E-state index contributed by atoms with van der Waals surface area (Å²) >= 11 is 8.06. The Morgan fingerprint density at radius 3 is 2.89 bits per heavy atom. The Bertz CT molecular complexity index is 410. The molecular weight excluding hydrogens is 270 g/mol. The minimum absolute atomic E-state index is 0.107. The summed E-state index contributed by atoms with van der Waals surface area (Å²) in [6, 6.07) is 0.305. The number of hydrogen-bond acceptors (Lipinski definition) is 4. The van der Waals surface area contributed by atoms with Gasteiger partial charge in [-0.15, -0.1) is 0 Å². The molecule has 1 saturated heterocycles. The quantitative estimate of drug-likeness (QED) is 0.926. The molecule has 1 aliphatic heterocycles. The van der Waals surface area contributed by atoms with E-state index < -0.39 is 6.10 Å². The first kappa shape index (κ1) is 14.2. The number of aromatic nitrogens is 2. The van der Waals surface area contributed by atoms with Crippen LogP contribution in [-0.4, -0.2) is 50.9 Å². The summed E-state index contributed by atoms with van der Waals surface area (Å²) in [5.74, 6) is 2.05. The van der Waals surface area contributed by atoms with Crippen LogP contribution in [0.25, 0.3) is 0 Å². The van der Waals surface area contributed by atoms with Crippen molar-refractivity contribution in [3.63, 3.8) is 0 Å². The molecule has 0 spiro atoms. The average molecular weight is 290 g/mol. The van der Waals surface area contributed by atoms with Crippen LogP contribution in [-0.2, 0) is 0 Å². The summed E-state index contributed by atoms with van der Waals surface area (Å²) in [7, 11) is 2.05. The number of rotatable bonds is 3. The second-order valence-corrected chi connectivity index (χ2v) is 6.54. The Balaban J connectivity index is 2.27. The van der Waals surface area contributed by atoms with E-state index in [2.05, 4.69) is 17.0 Å². The smallest absolute Gasteiger partial charge is 0.113 e. The molecule has 2 rings (SSSR count). The van der Waals surface area contributed by atoms with Crippen LogP contribution in [0.2, 0.25) is 5.02 Å². The molecule has 4 nitrogen and oxygen atoms in total. The summed E-state index contributed by atoms with van der Waals surface area (Å²) in [6.07, 6.45) is 1.04. The first-order chi connectivity index (χ1) is 8.52. The highest BCUT2D eigenvalue weighted by Crippen LogP contribution is 2.32. The number of aliphatic hydroxyl groups excluding tert-OH is 1. The van der Waals surface area contributed by atoms with Gasteiger partial charge in [-0.3, -0.25) is 9.58 Å². The fourth-order valence-corrected chi connectivity index (χ4v) is 3.76. The van der Waals surface area contributed by atoms with Crippen LogP contribution in [0, 0.1) is 0 Å². The van der Waals surface area contributed by atoms with Crippen LogP contribution in [0.1, 0.15) is 31.7 Å². The number of likely N-dealkylation sites (N-methyl/N-ethyl adjacent to an activating group) is 1. The zero-order valence-corrected chi connectivity index (χ0v) is 12.6. The topological polar surface area (TPSA) is 41.3 Å². The van der Waals surface area contributed by atoms with Gasteiger partial charge in [0.05, 0.1) is 23.0 Å². The number of aliphatic hydroxyl groups is 1. The highest BCUT2D eigenvalue weighted by molar-refractivity contribution is 7.99. The Morgan fingerprint density at radius 2 is 2.28 bits per heavy atom. The molecule has 6 heteroatoms. The molecule has 2 unspecified atom stereocenters. The van der Waals surface area contributed by atoms with E-state index in [0.717, 1.165) is 23.7 Å². The Hall–Kier alpha value is -0.230. The van der Waals surface area contributed by atoms with E-state index >= 15 is 0 Å². The van der Waals surface area contributed by atoms with Gasteiger partial charge in [0.1, 0.15) is 6.10 Å². The van der Waals surface area contributed by atoms with E-state index in [1.54, 1.807) is 6.20 Å². The SMILES string of the molecule is CC(C)n1ncc(Cl)c1C(O)C1CSCCN1C. The molecule has 2 heterocycles. The van der Waals surface area contributed by atoms with E-state index in [4.69, 9.17) is 11.6 Å². The molecule has 0 amide bonds. The van der Waals surface area contributed by atoms with Crippen LogP contribution < -0.4 is 0 Å². The van der Waals surface area contributed by atoms with Gasteiger partial charge in [-0.05, 0) is 20.9 Å². The molecular formula is C12H20ClN3OS. The minimum Gasteiger partial charge on any atom is -0.385 e. The van der Waals surface area contributed by atoms with Crippen molar-refractivity contribution in [1.29, 1.82) is 0 Å². The van der Waals surface area contributed by atoms with Gasteiger partial charge < -0.3 is 5.11 Å². The summed E-state index contributed by atoms with van der Waals surface area (Å²) in [5.41, 5.74) is 0.742. The first-order valence-corrected chi connectivity index (χ1v) is 7.74. The predicted molar refractivity (Wildman–Crippen MR) is 76.3 cm³/mol. The van der Waals surface area contributed by atoms with Gasteiger partial charge in [0, 0.05) is 24.1 Å². The number of halogens is 1. The van der Waals surface area contributed by atoms with Gasteiger partial charge in [-0.1, -0.05) is 11.6 Å². The van der Waals surface area contributed by atoms with Crippen LogP contribution in [0.15, 0.2) is 6.20 Å². The third kappa shape index (κ3) is 2.69. The first-order valence-electron chi connectivity index (χ1n) is 6.21. The number of thioether (sulfide) groups is 1. The van der Waals surface area contributed by atoms with Crippen molar-refractivity contribution in [1.82, 2.24) is 14.7 Å². The van der Waals surface area contributed by atoms with Crippen LogP contribution in [0.4, 0.5) is 0 Å². The van der Waals surface area contributed by atoms with Crippen molar-refractivity contribution in [2.45, 2.75) is 32.0 Å². The summed E-state index contributed by atoms with van der Waals surface area (Å²) in [4.78, 5) is 2.20. The lowest BCUT2D eigenvalue weighted by atomic mass is 10.1. The second-order valence-electron chi connectivity index (χ2n) is 4.98. The molecule has 0 saturated carbocycles. The largest absolute Gasteiger partial charge is 0.385 e. The summed E-state index contributed by atoms with van der Waals surface area (Å²) in [6.45, 7) is 5.08. The number of hydrogen-bond donors (Lipinski definition) is 1. The Kier molecular flexibility index (Phi) is 4.59. The van der Waals surface area contributed by atoms with Gasteiger partial charge in [0.25, 0.3) is 0 Å². The molecule has 0 aliphatic carbocycles. The fraction of sp³-hybridized carbons (Fsp3) is 0.750. The maximum atomic E-state index is 10.6. The van der Waals surface area contributed by atoms with Crippen molar-refractivity contribution >= 4 is 23.4 Å². The Morgan fingerprint density at radius 1 is 1.56 bits per heavy atom. The molecule has 1 aliphatic rings. The molecule has 0 aromatic carbocycles. The molecule has 1 aromatic heterocycles. The van der Waals surface area contributed by atoms with Crippen molar-refractivity contribution < 1.29 is 5.11 Å². The highest BCUT2D eigenvalue weighted by Gasteiger charge is 2.31. The molecule has 0 radical (unpaired) electrons.